The summed E-state index contributed by atoms with van der Waals surface area (Å²) >= 11 is 1.68. The predicted octanol–water partition coefficient (Wildman–Crippen LogP) is 5.08. The SMILES string of the molecule is CCNC(c1ccc(C(F)(F)F)cc1)c1cc(C)c(C)s1. The number of alkyl halides is 3. The molecule has 0 saturated heterocycles. The summed E-state index contributed by atoms with van der Waals surface area (Å²) in [6.45, 7) is 6.84. The highest BCUT2D eigenvalue weighted by atomic mass is 32.1. The third-order valence-corrected chi connectivity index (χ3v) is 4.67. The van der Waals surface area contributed by atoms with Gasteiger partial charge in [0.1, 0.15) is 0 Å². The number of benzene rings is 1. The van der Waals surface area contributed by atoms with E-state index in [9.17, 15) is 13.2 Å². The lowest BCUT2D eigenvalue weighted by atomic mass is 10.0. The van der Waals surface area contributed by atoms with E-state index in [1.165, 1.54) is 10.4 Å². The topological polar surface area (TPSA) is 12.0 Å². The summed E-state index contributed by atoms with van der Waals surface area (Å²) in [6, 6.07) is 7.45. The zero-order valence-corrected chi connectivity index (χ0v) is 13.0. The van der Waals surface area contributed by atoms with Crippen LogP contribution in [0.3, 0.4) is 0 Å². The van der Waals surface area contributed by atoms with E-state index >= 15 is 0 Å². The minimum Gasteiger partial charge on any atom is -0.306 e. The molecule has 1 aromatic carbocycles. The molecule has 1 aromatic heterocycles. The maximum atomic E-state index is 12.6. The van der Waals surface area contributed by atoms with Crippen molar-refractivity contribution < 1.29 is 13.2 Å². The second-order valence-corrected chi connectivity index (χ2v) is 6.29. The number of thiophene rings is 1. The lowest BCUT2D eigenvalue weighted by Crippen LogP contribution is -2.21. The van der Waals surface area contributed by atoms with Crippen molar-refractivity contribution in [3.63, 3.8) is 0 Å². The molecule has 1 N–H and O–H groups in total. The third-order valence-electron chi connectivity index (χ3n) is 3.45. The summed E-state index contributed by atoms with van der Waals surface area (Å²) in [7, 11) is 0. The highest BCUT2D eigenvalue weighted by Crippen LogP contribution is 2.33. The van der Waals surface area contributed by atoms with Crippen LogP contribution >= 0.6 is 11.3 Å². The van der Waals surface area contributed by atoms with Gasteiger partial charge in [-0.15, -0.1) is 11.3 Å². The van der Waals surface area contributed by atoms with Gasteiger partial charge in [-0.3, -0.25) is 0 Å². The van der Waals surface area contributed by atoms with Gasteiger partial charge in [-0.2, -0.15) is 13.2 Å². The molecule has 2 aromatic rings. The minimum atomic E-state index is -4.29. The smallest absolute Gasteiger partial charge is 0.306 e. The first-order chi connectivity index (χ1) is 9.82. The fourth-order valence-electron chi connectivity index (χ4n) is 2.20. The number of hydrogen-bond acceptors (Lipinski definition) is 2. The van der Waals surface area contributed by atoms with E-state index in [0.29, 0.717) is 0 Å². The second kappa shape index (κ2) is 6.20. The molecule has 0 aliphatic heterocycles. The van der Waals surface area contributed by atoms with Crippen molar-refractivity contribution in [2.75, 3.05) is 6.54 Å². The van der Waals surface area contributed by atoms with Crippen LogP contribution in [0.1, 0.15) is 39.4 Å². The van der Waals surface area contributed by atoms with Crippen LogP contribution in [0, 0.1) is 13.8 Å². The maximum Gasteiger partial charge on any atom is 0.416 e. The Labute approximate surface area is 126 Å². The van der Waals surface area contributed by atoms with E-state index in [0.717, 1.165) is 29.1 Å². The maximum absolute atomic E-state index is 12.6. The molecule has 1 unspecified atom stereocenters. The van der Waals surface area contributed by atoms with Gasteiger partial charge < -0.3 is 5.32 Å². The largest absolute Gasteiger partial charge is 0.416 e. The monoisotopic (exact) mass is 313 g/mol. The van der Waals surface area contributed by atoms with E-state index < -0.39 is 11.7 Å². The molecule has 0 fully saturated rings. The van der Waals surface area contributed by atoms with Crippen molar-refractivity contribution in [2.45, 2.75) is 33.0 Å². The Morgan fingerprint density at radius 2 is 1.76 bits per heavy atom. The standard InChI is InChI=1S/C16H18F3NS/c1-4-20-15(14-9-10(2)11(3)21-14)12-5-7-13(8-6-12)16(17,18)19/h5-9,15,20H,4H2,1-3H3. The Kier molecular flexibility index (Phi) is 4.74. The first kappa shape index (κ1) is 16.0. The van der Waals surface area contributed by atoms with E-state index in [4.69, 9.17) is 0 Å². The zero-order chi connectivity index (χ0) is 15.6. The van der Waals surface area contributed by atoms with Crippen LogP contribution in [-0.4, -0.2) is 6.54 Å². The fourth-order valence-corrected chi connectivity index (χ4v) is 3.34. The molecule has 5 heteroatoms. The van der Waals surface area contributed by atoms with Gasteiger partial charge in [0.05, 0.1) is 11.6 Å². The highest BCUT2D eigenvalue weighted by molar-refractivity contribution is 7.12. The third kappa shape index (κ3) is 3.66. The number of hydrogen-bond donors (Lipinski definition) is 1. The Hall–Kier alpha value is -1.33. The molecule has 0 spiro atoms. The van der Waals surface area contributed by atoms with Crippen LogP contribution in [-0.2, 0) is 6.18 Å². The first-order valence-corrected chi connectivity index (χ1v) is 7.62. The van der Waals surface area contributed by atoms with E-state index in [1.54, 1.807) is 23.5 Å². The van der Waals surface area contributed by atoms with Gasteiger partial charge in [0.25, 0.3) is 0 Å². The molecular formula is C16H18F3NS. The molecule has 21 heavy (non-hydrogen) atoms. The van der Waals surface area contributed by atoms with Gasteiger partial charge in [-0.05, 0) is 49.7 Å². The highest BCUT2D eigenvalue weighted by Gasteiger charge is 2.30. The van der Waals surface area contributed by atoms with Gasteiger partial charge in [0, 0.05) is 9.75 Å². The summed E-state index contributed by atoms with van der Waals surface area (Å²) in [5.74, 6) is 0. The van der Waals surface area contributed by atoms with Crippen LogP contribution in [0.25, 0.3) is 0 Å². The second-order valence-electron chi connectivity index (χ2n) is 5.00. The Bertz CT molecular complexity index is 579. The van der Waals surface area contributed by atoms with Gasteiger partial charge in [0.15, 0.2) is 0 Å². The predicted molar refractivity (Wildman–Crippen MR) is 80.8 cm³/mol. The number of aryl methyl sites for hydroxylation is 2. The summed E-state index contributed by atoms with van der Waals surface area (Å²) in [5, 5.41) is 3.34. The van der Waals surface area contributed by atoms with E-state index in [2.05, 4.69) is 18.3 Å². The van der Waals surface area contributed by atoms with Crippen molar-refractivity contribution in [2.24, 2.45) is 0 Å². The minimum absolute atomic E-state index is 0.0605. The molecule has 2 rings (SSSR count). The fraction of sp³-hybridized carbons (Fsp3) is 0.375. The van der Waals surface area contributed by atoms with Crippen molar-refractivity contribution in [1.82, 2.24) is 5.32 Å². The molecule has 114 valence electrons. The Balaban J connectivity index is 2.34. The first-order valence-electron chi connectivity index (χ1n) is 6.80. The van der Waals surface area contributed by atoms with Crippen LogP contribution in [0.15, 0.2) is 30.3 Å². The van der Waals surface area contributed by atoms with Crippen molar-refractivity contribution in [3.05, 3.63) is 56.8 Å². The molecule has 0 amide bonds. The van der Waals surface area contributed by atoms with Crippen LogP contribution in [0.4, 0.5) is 13.2 Å². The zero-order valence-electron chi connectivity index (χ0n) is 12.2. The van der Waals surface area contributed by atoms with Crippen LogP contribution in [0.5, 0.6) is 0 Å². The quantitative estimate of drug-likeness (QED) is 0.829. The molecular weight excluding hydrogens is 295 g/mol. The summed E-state index contributed by atoms with van der Waals surface area (Å²) < 4.78 is 37.9. The van der Waals surface area contributed by atoms with Crippen molar-refractivity contribution in [3.8, 4) is 0 Å². The molecule has 1 atom stereocenters. The average molecular weight is 313 g/mol. The molecule has 0 saturated carbocycles. The van der Waals surface area contributed by atoms with Gasteiger partial charge in [-0.1, -0.05) is 19.1 Å². The van der Waals surface area contributed by atoms with Crippen molar-refractivity contribution >= 4 is 11.3 Å². The van der Waals surface area contributed by atoms with Gasteiger partial charge >= 0.3 is 6.18 Å². The molecule has 0 bridgehead atoms. The molecule has 0 aliphatic rings. The lowest BCUT2D eigenvalue weighted by molar-refractivity contribution is -0.137. The molecule has 0 aliphatic carbocycles. The Morgan fingerprint density at radius 1 is 1.14 bits per heavy atom. The number of halogens is 3. The summed E-state index contributed by atoms with van der Waals surface area (Å²) in [5.41, 5.74) is 1.45. The summed E-state index contributed by atoms with van der Waals surface area (Å²) in [4.78, 5) is 2.37. The summed E-state index contributed by atoms with van der Waals surface area (Å²) in [6.07, 6.45) is -4.29. The number of rotatable bonds is 4. The van der Waals surface area contributed by atoms with Gasteiger partial charge in [0.2, 0.25) is 0 Å². The molecule has 0 radical (unpaired) electrons. The Morgan fingerprint density at radius 3 is 2.19 bits per heavy atom. The van der Waals surface area contributed by atoms with Crippen LogP contribution in [0.2, 0.25) is 0 Å². The molecule has 1 nitrogen and oxygen atoms in total. The van der Waals surface area contributed by atoms with E-state index in [-0.39, 0.29) is 6.04 Å². The van der Waals surface area contributed by atoms with Crippen LogP contribution < -0.4 is 5.32 Å². The normalized spacial score (nSPS) is 13.4. The van der Waals surface area contributed by atoms with E-state index in [1.807, 2.05) is 13.8 Å². The number of nitrogens with one attached hydrogen (secondary N) is 1. The average Bonchev–Trinajstić information content (AvgIpc) is 2.75. The van der Waals surface area contributed by atoms with Crippen molar-refractivity contribution in [1.29, 1.82) is 0 Å². The molecule has 1 heterocycles. The lowest BCUT2D eigenvalue weighted by Gasteiger charge is -2.18. The van der Waals surface area contributed by atoms with Gasteiger partial charge in [-0.25, -0.2) is 0 Å².